The molecule has 0 aliphatic heterocycles. The van der Waals surface area contributed by atoms with E-state index in [0.29, 0.717) is 0 Å². The molecule has 1 rings (SSSR count). The fourth-order valence-corrected chi connectivity index (χ4v) is 3.20. The minimum Gasteiger partial charge on any atom is -0.508 e. The van der Waals surface area contributed by atoms with Crippen molar-refractivity contribution >= 4 is 0 Å². The molecule has 0 saturated heterocycles. The number of unbranched alkanes of at least 4 members (excludes halogenated alkanes) is 11. The predicted molar refractivity (Wildman–Crippen MR) is 108 cm³/mol. The standard InChI is InChI=1S/C23H38O2/c1-2-3-4-5-6-7-8-9-10-11-12-13-14-15-16-17-21-18-22(24)20-23(25)19-21/h7-8,18-20,24-25H,2-6,9-17H2,1H3. The van der Waals surface area contributed by atoms with Crippen LogP contribution in [0.1, 0.15) is 96.0 Å². The minimum absolute atomic E-state index is 0.157. The molecule has 25 heavy (non-hydrogen) atoms. The molecule has 0 aliphatic carbocycles. The van der Waals surface area contributed by atoms with Crippen LogP contribution in [0.4, 0.5) is 0 Å². The number of benzene rings is 1. The molecule has 0 amide bonds. The van der Waals surface area contributed by atoms with Gasteiger partial charge >= 0.3 is 0 Å². The quantitative estimate of drug-likeness (QED) is 0.258. The van der Waals surface area contributed by atoms with E-state index in [9.17, 15) is 10.2 Å². The molecule has 1 aromatic carbocycles. The molecule has 0 heterocycles. The molecule has 0 bridgehead atoms. The third-order valence-corrected chi connectivity index (χ3v) is 4.69. The molecule has 0 fully saturated rings. The van der Waals surface area contributed by atoms with Gasteiger partial charge in [-0.05, 0) is 56.2 Å². The molecular weight excluding hydrogens is 308 g/mol. The van der Waals surface area contributed by atoms with Crippen molar-refractivity contribution in [1.82, 2.24) is 0 Å². The number of aryl methyl sites for hydroxylation is 1. The Kier molecular flexibility index (Phi) is 12.8. The van der Waals surface area contributed by atoms with Crippen LogP contribution in [0.3, 0.4) is 0 Å². The Morgan fingerprint density at radius 3 is 1.68 bits per heavy atom. The Morgan fingerprint density at radius 1 is 0.640 bits per heavy atom. The summed E-state index contributed by atoms with van der Waals surface area (Å²) in [5, 5.41) is 18.9. The van der Waals surface area contributed by atoms with Gasteiger partial charge in [-0.1, -0.05) is 70.4 Å². The highest BCUT2D eigenvalue weighted by Crippen LogP contribution is 2.22. The highest BCUT2D eigenvalue weighted by atomic mass is 16.3. The molecule has 2 N–H and O–H groups in total. The number of phenolic OH excluding ortho intramolecular Hbond substituents is 2. The molecule has 0 radical (unpaired) electrons. The number of allylic oxidation sites excluding steroid dienone is 2. The number of hydrogen-bond acceptors (Lipinski definition) is 2. The zero-order valence-corrected chi connectivity index (χ0v) is 16.2. The monoisotopic (exact) mass is 346 g/mol. The zero-order valence-electron chi connectivity index (χ0n) is 16.2. The van der Waals surface area contributed by atoms with Gasteiger partial charge < -0.3 is 10.2 Å². The van der Waals surface area contributed by atoms with E-state index in [-0.39, 0.29) is 11.5 Å². The molecule has 2 nitrogen and oxygen atoms in total. The third-order valence-electron chi connectivity index (χ3n) is 4.69. The molecular formula is C23H38O2. The van der Waals surface area contributed by atoms with Crippen molar-refractivity contribution in [1.29, 1.82) is 0 Å². The van der Waals surface area contributed by atoms with Crippen molar-refractivity contribution in [3.05, 3.63) is 35.9 Å². The van der Waals surface area contributed by atoms with Crippen molar-refractivity contribution in [2.75, 3.05) is 0 Å². The summed E-state index contributed by atoms with van der Waals surface area (Å²) in [5.74, 6) is 0.315. The lowest BCUT2D eigenvalue weighted by molar-refractivity contribution is 0.449. The second-order valence-electron chi connectivity index (χ2n) is 7.19. The molecule has 2 heteroatoms. The van der Waals surface area contributed by atoms with Gasteiger partial charge in [-0.3, -0.25) is 0 Å². The molecule has 0 atom stereocenters. The smallest absolute Gasteiger partial charge is 0.119 e. The normalized spacial score (nSPS) is 11.4. The maximum Gasteiger partial charge on any atom is 0.119 e. The molecule has 0 aliphatic rings. The Bertz CT molecular complexity index is 445. The van der Waals surface area contributed by atoms with Crippen LogP contribution >= 0.6 is 0 Å². The van der Waals surface area contributed by atoms with Crippen LogP contribution in [-0.4, -0.2) is 10.2 Å². The van der Waals surface area contributed by atoms with Gasteiger partial charge in [0.1, 0.15) is 11.5 Å². The maximum atomic E-state index is 9.45. The summed E-state index contributed by atoms with van der Waals surface area (Å²) >= 11 is 0. The summed E-state index contributed by atoms with van der Waals surface area (Å²) in [6.45, 7) is 2.26. The Morgan fingerprint density at radius 2 is 1.12 bits per heavy atom. The maximum absolute atomic E-state index is 9.45. The summed E-state index contributed by atoms with van der Waals surface area (Å²) in [7, 11) is 0. The second kappa shape index (κ2) is 14.9. The highest BCUT2D eigenvalue weighted by Gasteiger charge is 1.99. The molecule has 0 aromatic heterocycles. The predicted octanol–water partition coefficient (Wildman–Crippen LogP) is 7.29. The summed E-state index contributed by atoms with van der Waals surface area (Å²) < 4.78 is 0. The fourth-order valence-electron chi connectivity index (χ4n) is 3.20. The van der Waals surface area contributed by atoms with Crippen LogP contribution in [0.15, 0.2) is 30.4 Å². The first kappa shape index (κ1) is 21.6. The molecule has 142 valence electrons. The van der Waals surface area contributed by atoms with Gasteiger partial charge in [0.15, 0.2) is 0 Å². The molecule has 0 spiro atoms. The van der Waals surface area contributed by atoms with Crippen molar-refractivity contribution in [3.63, 3.8) is 0 Å². The van der Waals surface area contributed by atoms with Crippen molar-refractivity contribution in [3.8, 4) is 11.5 Å². The van der Waals surface area contributed by atoms with Crippen molar-refractivity contribution < 1.29 is 10.2 Å². The van der Waals surface area contributed by atoms with E-state index in [4.69, 9.17) is 0 Å². The van der Waals surface area contributed by atoms with E-state index >= 15 is 0 Å². The first-order valence-electron chi connectivity index (χ1n) is 10.4. The first-order chi connectivity index (χ1) is 12.2. The van der Waals surface area contributed by atoms with E-state index in [1.165, 1.54) is 83.1 Å². The Labute approximate surface area is 155 Å². The number of aromatic hydroxyl groups is 2. The number of phenols is 2. The van der Waals surface area contributed by atoms with Crippen molar-refractivity contribution in [2.45, 2.75) is 96.8 Å². The van der Waals surface area contributed by atoms with Gasteiger partial charge in [0.2, 0.25) is 0 Å². The summed E-state index contributed by atoms with van der Waals surface area (Å²) in [5.41, 5.74) is 1.03. The summed E-state index contributed by atoms with van der Waals surface area (Å²) in [6.07, 6.45) is 22.6. The van der Waals surface area contributed by atoms with Crippen LogP contribution in [0.25, 0.3) is 0 Å². The topological polar surface area (TPSA) is 40.5 Å². The van der Waals surface area contributed by atoms with Gasteiger partial charge in [-0.25, -0.2) is 0 Å². The Hall–Kier alpha value is -1.44. The van der Waals surface area contributed by atoms with Gasteiger partial charge in [-0.15, -0.1) is 0 Å². The van der Waals surface area contributed by atoms with E-state index in [2.05, 4.69) is 19.1 Å². The third kappa shape index (κ3) is 12.6. The van der Waals surface area contributed by atoms with Crippen LogP contribution < -0.4 is 0 Å². The van der Waals surface area contributed by atoms with Crippen LogP contribution in [0.2, 0.25) is 0 Å². The lowest BCUT2D eigenvalue weighted by Gasteiger charge is -2.04. The number of hydrogen-bond donors (Lipinski definition) is 2. The largest absolute Gasteiger partial charge is 0.508 e. The minimum atomic E-state index is 0.157. The van der Waals surface area contributed by atoms with Crippen LogP contribution in [0.5, 0.6) is 11.5 Å². The molecule has 0 unspecified atom stereocenters. The first-order valence-corrected chi connectivity index (χ1v) is 10.4. The van der Waals surface area contributed by atoms with E-state index < -0.39 is 0 Å². The Balaban J connectivity index is 1.86. The fraction of sp³-hybridized carbons (Fsp3) is 0.652. The summed E-state index contributed by atoms with van der Waals surface area (Å²) in [6, 6.07) is 4.87. The van der Waals surface area contributed by atoms with Gasteiger partial charge in [0.25, 0.3) is 0 Å². The van der Waals surface area contributed by atoms with Crippen LogP contribution in [-0.2, 0) is 6.42 Å². The number of rotatable bonds is 15. The summed E-state index contributed by atoms with van der Waals surface area (Å²) in [4.78, 5) is 0. The zero-order chi connectivity index (χ0) is 18.2. The van der Waals surface area contributed by atoms with Gasteiger partial charge in [-0.2, -0.15) is 0 Å². The lowest BCUT2D eigenvalue weighted by atomic mass is 10.0. The average Bonchev–Trinajstić information content (AvgIpc) is 2.57. The lowest BCUT2D eigenvalue weighted by Crippen LogP contribution is -1.86. The second-order valence-corrected chi connectivity index (χ2v) is 7.19. The van der Waals surface area contributed by atoms with Gasteiger partial charge in [0, 0.05) is 6.07 Å². The van der Waals surface area contributed by atoms with Crippen LogP contribution in [0, 0.1) is 0 Å². The van der Waals surface area contributed by atoms with E-state index in [0.717, 1.165) is 18.4 Å². The highest BCUT2D eigenvalue weighted by molar-refractivity contribution is 5.36. The molecule has 1 aromatic rings. The average molecular weight is 347 g/mol. The van der Waals surface area contributed by atoms with Crippen molar-refractivity contribution in [2.24, 2.45) is 0 Å². The van der Waals surface area contributed by atoms with E-state index in [1.54, 1.807) is 12.1 Å². The van der Waals surface area contributed by atoms with E-state index in [1.807, 2.05) is 0 Å². The molecule has 0 saturated carbocycles. The SMILES string of the molecule is CCCCCCC=CCCCCCCCCCc1cc(O)cc(O)c1. The van der Waals surface area contributed by atoms with Gasteiger partial charge in [0.05, 0.1) is 0 Å².